The number of carbonyl (C=O) groups excluding carboxylic acids is 1. The molecule has 1 unspecified atom stereocenters. The van der Waals surface area contributed by atoms with E-state index in [4.69, 9.17) is 21.2 Å². The average molecular weight is 414 g/mol. The first kappa shape index (κ1) is 19.4. The summed E-state index contributed by atoms with van der Waals surface area (Å²) in [6, 6.07) is 13.6. The lowest BCUT2D eigenvalue weighted by Gasteiger charge is -2.26. The Morgan fingerprint density at radius 3 is 2.69 bits per heavy atom. The van der Waals surface area contributed by atoms with Gasteiger partial charge in [0.15, 0.2) is 5.43 Å². The lowest BCUT2D eigenvalue weighted by molar-refractivity contribution is -0.146. The zero-order valence-corrected chi connectivity index (χ0v) is 16.3. The van der Waals surface area contributed by atoms with Gasteiger partial charge in [0.1, 0.15) is 0 Å². The first-order chi connectivity index (χ1) is 14.1. The highest BCUT2D eigenvalue weighted by Gasteiger charge is 2.23. The molecule has 1 fully saturated rings. The van der Waals surface area contributed by atoms with Gasteiger partial charge in [0, 0.05) is 22.2 Å². The Morgan fingerprint density at radius 1 is 1.17 bits per heavy atom. The van der Waals surface area contributed by atoms with Crippen LogP contribution in [0.3, 0.4) is 0 Å². The standard InChI is InChI=1S/C21H20ClN3O4/c22-15-6-7-16-18(12-15)23-13-17(20(16)26)19(14-4-2-1-3-5-14)24-21(27)29-25-8-10-28-11-9-25/h1-7,12-13,19H,8-11H2,(H,23,26)(H,24,27). The van der Waals surface area contributed by atoms with Gasteiger partial charge in [-0.15, -0.1) is 5.06 Å². The number of ether oxygens (including phenoxy) is 1. The van der Waals surface area contributed by atoms with Crippen LogP contribution in [-0.2, 0) is 9.57 Å². The Bertz CT molecular complexity index is 1060. The summed E-state index contributed by atoms with van der Waals surface area (Å²) < 4.78 is 5.26. The number of rotatable bonds is 4. The van der Waals surface area contributed by atoms with E-state index in [-0.39, 0.29) is 5.43 Å². The molecule has 150 valence electrons. The molecule has 2 heterocycles. The van der Waals surface area contributed by atoms with Gasteiger partial charge in [-0.25, -0.2) is 4.79 Å². The molecule has 1 aromatic heterocycles. The summed E-state index contributed by atoms with van der Waals surface area (Å²) in [4.78, 5) is 34.2. The van der Waals surface area contributed by atoms with Crippen molar-refractivity contribution in [1.82, 2.24) is 15.4 Å². The fourth-order valence-corrected chi connectivity index (χ4v) is 3.48. The molecule has 29 heavy (non-hydrogen) atoms. The first-order valence-electron chi connectivity index (χ1n) is 9.29. The smallest absolute Gasteiger partial charge is 0.379 e. The molecule has 1 saturated heterocycles. The van der Waals surface area contributed by atoms with Crippen molar-refractivity contribution in [2.45, 2.75) is 6.04 Å². The van der Waals surface area contributed by atoms with Gasteiger partial charge < -0.3 is 19.9 Å². The minimum absolute atomic E-state index is 0.184. The van der Waals surface area contributed by atoms with Crippen LogP contribution in [-0.4, -0.2) is 42.4 Å². The van der Waals surface area contributed by atoms with Crippen LogP contribution in [0.25, 0.3) is 10.9 Å². The van der Waals surface area contributed by atoms with Crippen LogP contribution in [0.2, 0.25) is 5.02 Å². The van der Waals surface area contributed by atoms with E-state index in [0.717, 1.165) is 5.56 Å². The lowest BCUT2D eigenvalue weighted by atomic mass is 9.98. The number of hydroxylamine groups is 2. The fraction of sp³-hybridized carbons (Fsp3) is 0.238. The molecule has 0 saturated carbocycles. The Hall–Kier alpha value is -2.87. The lowest BCUT2D eigenvalue weighted by Crippen LogP contribution is -2.42. The number of morpholine rings is 1. The predicted molar refractivity (Wildman–Crippen MR) is 110 cm³/mol. The molecular formula is C21H20ClN3O4. The Morgan fingerprint density at radius 2 is 1.93 bits per heavy atom. The summed E-state index contributed by atoms with van der Waals surface area (Å²) in [7, 11) is 0. The molecule has 0 bridgehead atoms. The summed E-state index contributed by atoms with van der Waals surface area (Å²) in [5.41, 5.74) is 1.63. The summed E-state index contributed by atoms with van der Waals surface area (Å²) in [6.45, 7) is 2.01. The van der Waals surface area contributed by atoms with E-state index in [1.807, 2.05) is 30.3 Å². The van der Waals surface area contributed by atoms with Crippen LogP contribution in [0.15, 0.2) is 59.5 Å². The number of hydrogen-bond acceptors (Lipinski definition) is 5. The molecule has 8 heteroatoms. The summed E-state index contributed by atoms with van der Waals surface area (Å²) >= 11 is 6.02. The third-order valence-electron chi connectivity index (χ3n) is 4.76. The average Bonchev–Trinajstić information content (AvgIpc) is 2.74. The SMILES string of the molecule is O=C(NC(c1ccccc1)c1c[nH]c2cc(Cl)ccc2c1=O)ON1CCOCC1. The molecule has 0 spiro atoms. The van der Waals surface area contributed by atoms with E-state index in [1.54, 1.807) is 29.5 Å². The van der Waals surface area contributed by atoms with Crippen LogP contribution in [0.4, 0.5) is 4.79 Å². The first-order valence-corrected chi connectivity index (χ1v) is 9.66. The third kappa shape index (κ3) is 4.42. The minimum Gasteiger partial charge on any atom is -0.379 e. The number of fused-ring (bicyclic) bond motifs is 1. The maximum Gasteiger partial charge on any atom is 0.427 e. The number of carbonyl (C=O) groups is 1. The molecule has 2 N–H and O–H groups in total. The highest BCUT2D eigenvalue weighted by Crippen LogP contribution is 2.22. The van der Waals surface area contributed by atoms with Crippen molar-refractivity contribution in [2.24, 2.45) is 0 Å². The van der Waals surface area contributed by atoms with Gasteiger partial charge in [-0.2, -0.15) is 0 Å². The number of hydrogen-bond donors (Lipinski definition) is 2. The zero-order chi connectivity index (χ0) is 20.2. The van der Waals surface area contributed by atoms with Crippen LogP contribution >= 0.6 is 11.6 Å². The van der Waals surface area contributed by atoms with Crippen molar-refractivity contribution in [3.05, 3.63) is 81.1 Å². The number of pyridine rings is 1. The van der Waals surface area contributed by atoms with Gasteiger partial charge in [0.05, 0.1) is 37.9 Å². The van der Waals surface area contributed by atoms with Gasteiger partial charge in [-0.3, -0.25) is 4.79 Å². The summed E-state index contributed by atoms with van der Waals surface area (Å²) in [5.74, 6) is 0. The van der Waals surface area contributed by atoms with E-state index >= 15 is 0 Å². The van der Waals surface area contributed by atoms with Crippen molar-refractivity contribution >= 4 is 28.6 Å². The van der Waals surface area contributed by atoms with Gasteiger partial charge >= 0.3 is 6.09 Å². The van der Waals surface area contributed by atoms with Crippen LogP contribution < -0.4 is 10.7 Å². The Labute approximate surface area is 172 Å². The summed E-state index contributed by atoms with van der Waals surface area (Å²) in [5, 5.41) is 5.40. The summed E-state index contributed by atoms with van der Waals surface area (Å²) in [6.07, 6.45) is 0.976. The molecule has 0 radical (unpaired) electrons. The number of H-pyrrole nitrogens is 1. The highest BCUT2D eigenvalue weighted by molar-refractivity contribution is 6.31. The number of halogens is 1. The van der Waals surface area contributed by atoms with Gasteiger partial charge in [0.25, 0.3) is 0 Å². The number of nitrogens with one attached hydrogen (secondary N) is 2. The fourth-order valence-electron chi connectivity index (χ4n) is 3.31. The van der Waals surface area contributed by atoms with Crippen LogP contribution in [0, 0.1) is 0 Å². The molecule has 1 atom stereocenters. The van der Waals surface area contributed by atoms with Gasteiger partial charge in [-0.1, -0.05) is 41.9 Å². The number of aromatic amines is 1. The molecule has 1 aliphatic rings. The molecule has 0 aliphatic carbocycles. The second-order valence-corrected chi connectivity index (χ2v) is 7.11. The van der Waals surface area contributed by atoms with Gasteiger partial charge in [-0.05, 0) is 23.8 Å². The second kappa shape index (κ2) is 8.65. The minimum atomic E-state index is -0.673. The normalized spacial score (nSPS) is 15.8. The molecule has 4 rings (SSSR count). The highest BCUT2D eigenvalue weighted by atomic mass is 35.5. The molecule has 1 amide bonds. The second-order valence-electron chi connectivity index (χ2n) is 6.67. The Balaban J connectivity index is 1.67. The van der Waals surface area contributed by atoms with Crippen LogP contribution in [0.5, 0.6) is 0 Å². The quantitative estimate of drug-likeness (QED) is 0.686. The Kier molecular flexibility index (Phi) is 5.80. The van der Waals surface area contributed by atoms with Gasteiger partial charge in [0.2, 0.25) is 0 Å². The number of benzene rings is 2. The third-order valence-corrected chi connectivity index (χ3v) is 4.99. The molecule has 7 nitrogen and oxygen atoms in total. The monoisotopic (exact) mass is 413 g/mol. The largest absolute Gasteiger partial charge is 0.427 e. The molecular weight excluding hydrogens is 394 g/mol. The van der Waals surface area contributed by atoms with E-state index in [9.17, 15) is 9.59 Å². The number of amides is 1. The predicted octanol–water partition coefficient (Wildman–Crippen LogP) is 3.24. The molecule has 3 aromatic rings. The van der Waals surface area contributed by atoms with E-state index in [1.165, 1.54) is 0 Å². The van der Waals surface area contributed by atoms with E-state index in [2.05, 4.69) is 10.3 Å². The van der Waals surface area contributed by atoms with E-state index in [0.29, 0.717) is 47.8 Å². The zero-order valence-electron chi connectivity index (χ0n) is 15.6. The topological polar surface area (TPSA) is 83.7 Å². The maximum atomic E-state index is 13.1. The number of nitrogens with zero attached hydrogens (tertiary/aromatic N) is 1. The van der Waals surface area contributed by atoms with Crippen LogP contribution in [0.1, 0.15) is 17.2 Å². The van der Waals surface area contributed by atoms with Crippen molar-refractivity contribution in [1.29, 1.82) is 0 Å². The van der Waals surface area contributed by atoms with E-state index < -0.39 is 12.1 Å². The molecule has 2 aromatic carbocycles. The van der Waals surface area contributed by atoms with Crippen molar-refractivity contribution in [3.8, 4) is 0 Å². The van der Waals surface area contributed by atoms with Crippen molar-refractivity contribution < 1.29 is 14.4 Å². The molecule has 1 aliphatic heterocycles. The number of aromatic nitrogens is 1. The van der Waals surface area contributed by atoms with Crippen molar-refractivity contribution in [3.63, 3.8) is 0 Å². The van der Waals surface area contributed by atoms with Crippen molar-refractivity contribution in [2.75, 3.05) is 26.3 Å². The maximum absolute atomic E-state index is 13.1.